The molecule has 5 aromatic rings. The Hall–Kier alpha value is -2.07. The standard InChI is InChI=1S/C69H101FOS6.C2H6/c1-17-27-31-45(21-5)36-49-40-56(73-54(49)38-47(23-7)33-29-19-3)52-43-72-59(69(15,16)26-10)35-44(11)60(57-41-50(37-46(22-6)32-28-18-2)55(74-57)39-48(24-8)34-30-20-4)63-51(52)42-58(75-63)65-66-61(67(77-65)68(12,13)14)62(70)64(76-66)53(71)25-9;1-2/h35,40-42,45-48H,11,17-34,36-39,43H2,1-10,12-16H3;1-2H3/b52-51+,59-35-,63-60-;. The second-order valence-corrected chi connectivity index (χ2v) is 31.0. The fourth-order valence-electron chi connectivity index (χ4n) is 11.4. The summed E-state index contributed by atoms with van der Waals surface area (Å²) in [5.41, 5.74) is 6.61. The van der Waals surface area contributed by atoms with Crippen molar-refractivity contribution in [2.24, 2.45) is 29.1 Å². The highest BCUT2D eigenvalue weighted by Crippen LogP contribution is 2.51. The SMILES string of the molecule is C=C1/C=C(/C(C)(C)CC)SC/C(c2cc(CC(CC)CCCC)c(CC(CC)CCCC)s2)=c2/cc(-c3sc(C(C)(C)C)c4c(F)c(C(=O)CC)sc34)s/c2=C/1c1cc(CC(CC)CCCC)c(CC(CC)CCCC)s1.CC. The minimum atomic E-state index is -0.323. The lowest BCUT2D eigenvalue weighted by Crippen LogP contribution is -2.25. The van der Waals surface area contributed by atoms with Gasteiger partial charge in [0.15, 0.2) is 11.6 Å². The number of hydrogen-bond donors (Lipinski definition) is 0. The minimum absolute atomic E-state index is 0.0321. The highest BCUT2D eigenvalue weighted by Gasteiger charge is 2.33. The van der Waals surface area contributed by atoms with Crippen molar-refractivity contribution in [1.29, 1.82) is 0 Å². The van der Waals surface area contributed by atoms with Crippen LogP contribution in [-0.2, 0) is 31.1 Å². The Morgan fingerprint density at radius 2 is 1.10 bits per heavy atom. The van der Waals surface area contributed by atoms with Crippen LogP contribution in [0.1, 0.15) is 278 Å². The number of allylic oxidation sites excluding steroid dienone is 3. The summed E-state index contributed by atoms with van der Waals surface area (Å²) in [5.74, 6) is 3.12. The van der Waals surface area contributed by atoms with E-state index in [9.17, 15) is 4.79 Å². The molecule has 0 aliphatic carbocycles. The van der Waals surface area contributed by atoms with Gasteiger partial charge in [0.2, 0.25) is 0 Å². The van der Waals surface area contributed by atoms with E-state index in [0.717, 1.165) is 57.9 Å². The maximum atomic E-state index is 16.9. The van der Waals surface area contributed by atoms with Gasteiger partial charge in [0.25, 0.3) is 0 Å². The lowest BCUT2D eigenvalue weighted by atomic mass is 9.87. The van der Waals surface area contributed by atoms with Gasteiger partial charge in [-0.2, -0.15) is 0 Å². The van der Waals surface area contributed by atoms with Crippen LogP contribution in [-0.4, -0.2) is 11.5 Å². The van der Waals surface area contributed by atoms with Crippen molar-refractivity contribution < 1.29 is 9.18 Å². The molecule has 5 aromatic heterocycles. The molecule has 6 heterocycles. The number of unbranched alkanes of at least 4 members (excludes halogenated alkanes) is 4. The molecule has 0 fully saturated rings. The van der Waals surface area contributed by atoms with Crippen LogP contribution >= 0.6 is 68.4 Å². The first-order valence-corrected chi connectivity index (χ1v) is 36.9. The molecule has 4 unspecified atom stereocenters. The Labute approximate surface area is 507 Å². The van der Waals surface area contributed by atoms with Crippen molar-refractivity contribution in [3.63, 3.8) is 0 Å². The normalized spacial score (nSPS) is 17.1. The Balaban J connectivity index is 0.00000567. The molecule has 1 aliphatic rings. The molecule has 6 rings (SSSR count). The van der Waals surface area contributed by atoms with E-state index in [1.165, 1.54) is 155 Å². The lowest BCUT2D eigenvalue weighted by molar-refractivity contribution is 0.0988. The molecule has 0 N–H and O–H groups in total. The van der Waals surface area contributed by atoms with Crippen molar-refractivity contribution in [3.05, 3.63) is 97.3 Å². The highest BCUT2D eigenvalue weighted by molar-refractivity contribution is 8.03. The average molecular weight is 1190 g/mol. The van der Waals surface area contributed by atoms with Gasteiger partial charge in [-0.05, 0) is 123 Å². The van der Waals surface area contributed by atoms with Crippen LogP contribution in [0.25, 0.3) is 31.0 Å². The first-order valence-electron chi connectivity index (χ1n) is 31.8. The van der Waals surface area contributed by atoms with Gasteiger partial charge in [-0.25, -0.2) is 4.39 Å². The van der Waals surface area contributed by atoms with Gasteiger partial charge in [0.05, 0.1) is 9.58 Å². The summed E-state index contributed by atoms with van der Waals surface area (Å²) in [6.07, 6.45) is 28.5. The minimum Gasteiger partial charge on any atom is -0.293 e. The number of carbonyl (C=O) groups excluding carboxylic acids is 1. The van der Waals surface area contributed by atoms with E-state index in [4.69, 9.17) is 6.58 Å². The van der Waals surface area contributed by atoms with Gasteiger partial charge in [-0.15, -0.1) is 68.4 Å². The molecule has 0 saturated carbocycles. The summed E-state index contributed by atoms with van der Waals surface area (Å²) in [7, 11) is 0. The summed E-state index contributed by atoms with van der Waals surface area (Å²) in [4.78, 5) is 24.5. The maximum Gasteiger partial charge on any atom is 0.175 e. The highest BCUT2D eigenvalue weighted by atomic mass is 32.2. The largest absolute Gasteiger partial charge is 0.293 e. The lowest BCUT2D eigenvalue weighted by Gasteiger charge is -2.27. The fraction of sp³-hybridized carbons (Fsp3) is 0.648. The molecule has 79 heavy (non-hydrogen) atoms. The molecule has 0 radical (unpaired) electrons. The molecule has 8 heteroatoms. The zero-order chi connectivity index (χ0) is 58.2. The van der Waals surface area contributed by atoms with E-state index in [2.05, 4.69) is 144 Å². The summed E-state index contributed by atoms with van der Waals surface area (Å²) >= 11 is 11.3. The van der Waals surface area contributed by atoms with Crippen LogP contribution in [0.3, 0.4) is 0 Å². The van der Waals surface area contributed by atoms with Crippen LogP contribution in [0.4, 0.5) is 4.39 Å². The number of ketones is 1. The Kier molecular flexibility index (Phi) is 27.7. The molecule has 0 saturated heterocycles. The zero-order valence-corrected chi connectivity index (χ0v) is 57.7. The second kappa shape index (κ2) is 32.3. The first-order chi connectivity index (χ1) is 37.8. The summed E-state index contributed by atoms with van der Waals surface area (Å²) in [6.45, 7) is 43.8. The van der Waals surface area contributed by atoms with E-state index in [0.29, 0.717) is 29.1 Å². The molecule has 440 valence electrons. The predicted molar refractivity (Wildman–Crippen MR) is 362 cm³/mol. The van der Waals surface area contributed by atoms with E-state index >= 15 is 4.39 Å². The summed E-state index contributed by atoms with van der Waals surface area (Å²) < 4.78 is 19.2. The molecule has 1 aliphatic heterocycles. The van der Waals surface area contributed by atoms with E-state index in [1.54, 1.807) is 32.2 Å². The molecule has 0 aromatic carbocycles. The fourth-order valence-corrected chi connectivity index (χ4v) is 19.9. The third-order valence-corrected chi connectivity index (χ3v) is 25.5. The van der Waals surface area contributed by atoms with Crippen molar-refractivity contribution in [2.75, 3.05) is 5.75 Å². The quantitative estimate of drug-likeness (QED) is 0.0412. The van der Waals surface area contributed by atoms with Gasteiger partial charge in [-0.1, -0.05) is 227 Å². The molecule has 0 amide bonds. The van der Waals surface area contributed by atoms with Gasteiger partial charge in [-0.3, -0.25) is 4.79 Å². The number of thiophene rings is 5. The predicted octanol–water partition coefficient (Wildman–Crippen LogP) is 23.9. The molecule has 0 spiro atoms. The Bertz CT molecular complexity index is 2810. The third-order valence-electron chi connectivity index (χ3n) is 17.3. The van der Waals surface area contributed by atoms with Crippen LogP contribution in [0.15, 0.2) is 41.3 Å². The molecule has 1 nitrogen and oxygen atoms in total. The number of Topliss-reactive ketones (excluding diaryl/α,β-unsaturated/α-hetero) is 1. The second-order valence-electron chi connectivity index (χ2n) is 24.6. The topological polar surface area (TPSA) is 17.1 Å². The number of hydrogen-bond acceptors (Lipinski definition) is 7. The number of halogens is 1. The Morgan fingerprint density at radius 3 is 1.56 bits per heavy atom. The van der Waals surface area contributed by atoms with Crippen molar-refractivity contribution in [1.82, 2.24) is 0 Å². The van der Waals surface area contributed by atoms with Crippen molar-refractivity contribution in [3.8, 4) is 9.75 Å². The average Bonchev–Trinajstić information content (AvgIpc) is 4.49. The number of carbonyl (C=O) groups is 1. The number of rotatable bonds is 31. The smallest absolute Gasteiger partial charge is 0.175 e. The van der Waals surface area contributed by atoms with E-state index in [1.807, 2.05) is 43.9 Å². The molecular formula is C71H107FOS6. The number of fused-ring (bicyclic) bond motifs is 2. The van der Waals surface area contributed by atoms with Gasteiger partial charge in [0.1, 0.15) is 4.88 Å². The summed E-state index contributed by atoms with van der Waals surface area (Å²) in [5, 5.41) is 1.97. The van der Waals surface area contributed by atoms with Crippen molar-refractivity contribution in [2.45, 2.75) is 264 Å². The Morgan fingerprint density at radius 1 is 0.620 bits per heavy atom. The van der Waals surface area contributed by atoms with Crippen molar-refractivity contribution >= 4 is 95.5 Å². The number of thioether (sulfide) groups is 1. The van der Waals surface area contributed by atoms with Crippen LogP contribution in [0, 0.1) is 34.9 Å². The monoisotopic (exact) mass is 1190 g/mol. The van der Waals surface area contributed by atoms with Crippen LogP contribution < -0.4 is 9.75 Å². The van der Waals surface area contributed by atoms with E-state index < -0.39 is 0 Å². The molecular weight excluding hydrogens is 1080 g/mol. The van der Waals surface area contributed by atoms with Crippen LogP contribution in [0.5, 0.6) is 0 Å². The third kappa shape index (κ3) is 17.1. The van der Waals surface area contributed by atoms with Gasteiger partial charge < -0.3 is 0 Å². The molecule has 4 atom stereocenters. The van der Waals surface area contributed by atoms with Gasteiger partial charge >= 0.3 is 0 Å². The zero-order valence-electron chi connectivity index (χ0n) is 52.8. The van der Waals surface area contributed by atoms with Crippen LogP contribution in [0.2, 0.25) is 0 Å². The molecule has 0 bridgehead atoms. The maximum absolute atomic E-state index is 16.9. The van der Waals surface area contributed by atoms with Gasteiger partial charge in [0, 0.05) is 56.9 Å². The van der Waals surface area contributed by atoms with E-state index in [-0.39, 0.29) is 33.7 Å². The first kappa shape index (κ1) is 67.7. The summed E-state index contributed by atoms with van der Waals surface area (Å²) in [6, 6.07) is 7.82.